The van der Waals surface area contributed by atoms with Crippen LogP contribution in [0.2, 0.25) is 0 Å². The molecule has 1 aromatic heterocycles. The number of aliphatic hydroxyl groups excluding tert-OH is 1. The first-order valence-electron chi connectivity index (χ1n) is 5.00. The highest BCUT2D eigenvalue weighted by molar-refractivity contribution is 5.95. The van der Waals surface area contributed by atoms with Crippen LogP contribution in [-0.4, -0.2) is 33.4 Å². The first-order chi connectivity index (χ1) is 7.08. The van der Waals surface area contributed by atoms with Crippen molar-refractivity contribution >= 4 is 5.91 Å². The van der Waals surface area contributed by atoms with Gasteiger partial charge >= 0.3 is 0 Å². The van der Waals surface area contributed by atoms with Gasteiger partial charge in [0.1, 0.15) is 0 Å². The van der Waals surface area contributed by atoms with E-state index in [1.807, 2.05) is 6.92 Å². The molecule has 0 aliphatic rings. The number of nitrogens with zero attached hydrogens (tertiary/aromatic N) is 2. The quantitative estimate of drug-likeness (QED) is 0.749. The van der Waals surface area contributed by atoms with Crippen LogP contribution in [0.25, 0.3) is 0 Å². The Kier molecular flexibility index (Phi) is 3.85. The molecule has 0 aliphatic heterocycles. The molecule has 0 fully saturated rings. The molecule has 5 nitrogen and oxygen atoms in total. The first kappa shape index (κ1) is 11.7. The summed E-state index contributed by atoms with van der Waals surface area (Å²) in [5.74, 6) is -0.179. The van der Waals surface area contributed by atoms with E-state index in [2.05, 4.69) is 10.4 Å². The zero-order valence-electron chi connectivity index (χ0n) is 9.32. The molecule has 1 atom stereocenters. The van der Waals surface area contributed by atoms with E-state index in [4.69, 9.17) is 5.11 Å². The number of rotatable bonds is 4. The number of amides is 1. The Labute approximate surface area is 89.1 Å². The minimum Gasteiger partial charge on any atom is -0.394 e. The van der Waals surface area contributed by atoms with Gasteiger partial charge in [0, 0.05) is 13.2 Å². The van der Waals surface area contributed by atoms with Gasteiger partial charge in [-0.2, -0.15) is 5.10 Å². The lowest BCUT2D eigenvalue weighted by molar-refractivity contribution is 0.0914. The fourth-order valence-corrected chi connectivity index (χ4v) is 1.36. The number of hydrogen-bond acceptors (Lipinski definition) is 3. The lowest BCUT2D eigenvalue weighted by Crippen LogP contribution is -2.37. The van der Waals surface area contributed by atoms with E-state index < -0.39 is 0 Å². The average molecular weight is 211 g/mol. The first-order valence-corrected chi connectivity index (χ1v) is 5.00. The molecule has 1 heterocycles. The van der Waals surface area contributed by atoms with Gasteiger partial charge in [-0.25, -0.2) is 0 Å². The van der Waals surface area contributed by atoms with Crippen molar-refractivity contribution in [3.63, 3.8) is 0 Å². The van der Waals surface area contributed by atoms with Gasteiger partial charge in [0.2, 0.25) is 0 Å². The van der Waals surface area contributed by atoms with Crippen molar-refractivity contribution in [1.29, 1.82) is 0 Å². The van der Waals surface area contributed by atoms with E-state index in [0.29, 0.717) is 17.7 Å². The molecule has 15 heavy (non-hydrogen) atoms. The summed E-state index contributed by atoms with van der Waals surface area (Å²) in [4.78, 5) is 11.7. The topological polar surface area (TPSA) is 67.2 Å². The predicted molar refractivity (Wildman–Crippen MR) is 56.6 cm³/mol. The van der Waals surface area contributed by atoms with E-state index in [9.17, 15) is 4.79 Å². The van der Waals surface area contributed by atoms with Gasteiger partial charge in [-0.05, 0) is 13.3 Å². The molecule has 1 amide bonds. The number of aromatic nitrogens is 2. The second-order valence-corrected chi connectivity index (χ2v) is 3.56. The Hall–Kier alpha value is -1.36. The van der Waals surface area contributed by atoms with E-state index in [1.54, 1.807) is 24.9 Å². The lowest BCUT2D eigenvalue weighted by Gasteiger charge is -2.13. The molecular formula is C10H17N3O2. The van der Waals surface area contributed by atoms with E-state index in [-0.39, 0.29) is 18.6 Å². The van der Waals surface area contributed by atoms with Crippen LogP contribution in [0, 0.1) is 6.92 Å². The Morgan fingerprint density at radius 2 is 2.40 bits per heavy atom. The van der Waals surface area contributed by atoms with Crippen molar-refractivity contribution in [1.82, 2.24) is 15.1 Å². The number of carbonyl (C=O) groups excluding carboxylic acids is 1. The van der Waals surface area contributed by atoms with Crippen LogP contribution in [0.3, 0.4) is 0 Å². The van der Waals surface area contributed by atoms with E-state index in [0.717, 1.165) is 0 Å². The Morgan fingerprint density at radius 1 is 1.73 bits per heavy atom. The zero-order chi connectivity index (χ0) is 11.4. The normalized spacial score (nSPS) is 12.5. The maximum atomic E-state index is 11.7. The van der Waals surface area contributed by atoms with Gasteiger partial charge in [-0.3, -0.25) is 9.48 Å². The molecule has 0 saturated carbocycles. The van der Waals surface area contributed by atoms with Gasteiger partial charge in [-0.15, -0.1) is 0 Å². The number of aliphatic hydroxyl groups is 1. The SMILES string of the molecule is CC[C@H](CO)NC(=O)c1cn(C)nc1C. The average Bonchev–Trinajstić information content (AvgIpc) is 2.54. The number of carbonyl (C=O) groups is 1. The minimum absolute atomic E-state index is 0.0401. The van der Waals surface area contributed by atoms with Crippen LogP contribution in [0.1, 0.15) is 29.4 Å². The maximum absolute atomic E-state index is 11.7. The minimum atomic E-state index is -0.183. The summed E-state index contributed by atoms with van der Waals surface area (Å²) in [6, 6.07) is -0.183. The van der Waals surface area contributed by atoms with Crippen molar-refractivity contribution in [2.24, 2.45) is 7.05 Å². The van der Waals surface area contributed by atoms with Crippen LogP contribution < -0.4 is 5.32 Å². The third-order valence-corrected chi connectivity index (χ3v) is 2.31. The molecule has 0 unspecified atom stereocenters. The Balaban J connectivity index is 2.72. The monoisotopic (exact) mass is 211 g/mol. The van der Waals surface area contributed by atoms with Crippen molar-refractivity contribution in [3.05, 3.63) is 17.5 Å². The van der Waals surface area contributed by atoms with Crippen LogP contribution >= 0.6 is 0 Å². The number of hydrogen-bond donors (Lipinski definition) is 2. The van der Waals surface area contributed by atoms with Crippen LogP contribution in [0.5, 0.6) is 0 Å². The fourth-order valence-electron chi connectivity index (χ4n) is 1.36. The Morgan fingerprint density at radius 3 is 2.80 bits per heavy atom. The summed E-state index contributed by atoms with van der Waals surface area (Å²) in [5, 5.41) is 15.8. The smallest absolute Gasteiger partial charge is 0.255 e. The van der Waals surface area contributed by atoms with Crippen LogP contribution in [0.4, 0.5) is 0 Å². The van der Waals surface area contributed by atoms with Crippen molar-refractivity contribution in [2.75, 3.05) is 6.61 Å². The molecule has 0 spiro atoms. The highest BCUT2D eigenvalue weighted by Gasteiger charge is 2.15. The predicted octanol–water partition coefficient (Wildman–Crippen LogP) is 0.229. The van der Waals surface area contributed by atoms with Crippen molar-refractivity contribution in [2.45, 2.75) is 26.3 Å². The summed E-state index contributed by atoms with van der Waals surface area (Å²) in [7, 11) is 1.77. The second kappa shape index (κ2) is 4.93. The number of nitrogens with one attached hydrogen (secondary N) is 1. The molecule has 0 aliphatic carbocycles. The van der Waals surface area contributed by atoms with Gasteiger partial charge in [0.15, 0.2) is 0 Å². The molecule has 5 heteroatoms. The van der Waals surface area contributed by atoms with Crippen LogP contribution in [-0.2, 0) is 7.05 Å². The highest BCUT2D eigenvalue weighted by Crippen LogP contribution is 2.05. The van der Waals surface area contributed by atoms with Crippen LogP contribution in [0.15, 0.2) is 6.20 Å². The van der Waals surface area contributed by atoms with Gasteiger partial charge in [0.25, 0.3) is 5.91 Å². The van der Waals surface area contributed by atoms with Gasteiger partial charge in [0.05, 0.1) is 23.9 Å². The third kappa shape index (κ3) is 2.79. The lowest BCUT2D eigenvalue weighted by atomic mass is 10.2. The maximum Gasteiger partial charge on any atom is 0.255 e. The molecule has 1 aromatic rings. The second-order valence-electron chi connectivity index (χ2n) is 3.56. The zero-order valence-corrected chi connectivity index (χ0v) is 9.32. The largest absolute Gasteiger partial charge is 0.394 e. The molecule has 2 N–H and O–H groups in total. The fraction of sp³-hybridized carbons (Fsp3) is 0.600. The van der Waals surface area contributed by atoms with Gasteiger partial charge < -0.3 is 10.4 Å². The summed E-state index contributed by atoms with van der Waals surface area (Å²) in [5.41, 5.74) is 1.26. The summed E-state index contributed by atoms with van der Waals surface area (Å²) in [6.45, 7) is 3.66. The molecule has 0 radical (unpaired) electrons. The van der Waals surface area contributed by atoms with E-state index >= 15 is 0 Å². The molecule has 0 aromatic carbocycles. The summed E-state index contributed by atoms with van der Waals surface area (Å²) in [6.07, 6.45) is 2.39. The molecule has 0 saturated heterocycles. The highest BCUT2D eigenvalue weighted by atomic mass is 16.3. The number of aryl methyl sites for hydroxylation is 2. The summed E-state index contributed by atoms with van der Waals surface area (Å²) < 4.78 is 1.60. The standard InChI is InChI=1S/C10H17N3O2/c1-4-8(6-14)11-10(15)9-5-13(3)12-7(9)2/h5,8,14H,4,6H2,1-3H3,(H,11,15)/t8-/m1/s1. The van der Waals surface area contributed by atoms with E-state index in [1.165, 1.54) is 0 Å². The molecule has 1 rings (SSSR count). The molecular weight excluding hydrogens is 194 g/mol. The van der Waals surface area contributed by atoms with Crippen molar-refractivity contribution in [3.8, 4) is 0 Å². The molecule has 0 bridgehead atoms. The van der Waals surface area contributed by atoms with Crippen molar-refractivity contribution < 1.29 is 9.90 Å². The Bertz CT molecular complexity index is 342. The summed E-state index contributed by atoms with van der Waals surface area (Å²) >= 11 is 0. The van der Waals surface area contributed by atoms with Gasteiger partial charge in [-0.1, -0.05) is 6.92 Å². The molecule has 84 valence electrons. The third-order valence-electron chi connectivity index (χ3n) is 2.31.